The molecule has 0 saturated carbocycles. The Hall–Kier alpha value is -1.38. The van der Waals surface area contributed by atoms with Crippen LogP contribution in [-0.4, -0.2) is 55.1 Å². The third kappa shape index (κ3) is 4.37. The first-order valence-corrected chi connectivity index (χ1v) is 8.90. The van der Waals surface area contributed by atoms with Crippen LogP contribution in [0.1, 0.15) is 36.4 Å². The summed E-state index contributed by atoms with van der Waals surface area (Å²) in [5.74, 6) is 2.74. The van der Waals surface area contributed by atoms with E-state index >= 15 is 0 Å². The standard InChI is InChI=1S/C20H27NO3/c1-2-11-21(20-8-7-16-5-3-4-6-19(16)20)14-17(22)15-24-18-9-12-23-13-10-18/h1,3-6,17-18,20,22H,7-15H2. The topological polar surface area (TPSA) is 41.9 Å². The first-order chi connectivity index (χ1) is 11.8. The van der Waals surface area contributed by atoms with Crippen LogP contribution in [0, 0.1) is 12.3 Å². The van der Waals surface area contributed by atoms with E-state index in [2.05, 4.69) is 35.1 Å². The number of aliphatic hydroxyl groups excluding tert-OH is 1. The van der Waals surface area contributed by atoms with Crippen LogP contribution < -0.4 is 0 Å². The molecule has 24 heavy (non-hydrogen) atoms. The maximum atomic E-state index is 10.4. The zero-order valence-corrected chi connectivity index (χ0v) is 14.2. The Bertz CT molecular complexity index is 562. The molecule has 2 unspecified atom stereocenters. The predicted molar refractivity (Wildman–Crippen MR) is 93.7 cm³/mol. The second kappa shape index (κ2) is 8.64. The van der Waals surface area contributed by atoms with Crippen LogP contribution in [0.25, 0.3) is 0 Å². The maximum Gasteiger partial charge on any atom is 0.0900 e. The van der Waals surface area contributed by atoms with Crippen molar-refractivity contribution in [1.82, 2.24) is 4.90 Å². The third-order valence-corrected chi connectivity index (χ3v) is 4.97. The normalized spacial score (nSPS) is 22.3. The molecule has 0 aromatic heterocycles. The van der Waals surface area contributed by atoms with Crippen molar-refractivity contribution in [3.8, 4) is 12.3 Å². The molecule has 1 N–H and O–H groups in total. The summed E-state index contributed by atoms with van der Waals surface area (Å²) < 4.78 is 11.2. The molecule has 0 amide bonds. The molecular formula is C20H27NO3. The Balaban J connectivity index is 1.55. The van der Waals surface area contributed by atoms with E-state index in [9.17, 15) is 5.11 Å². The number of hydrogen-bond acceptors (Lipinski definition) is 4. The van der Waals surface area contributed by atoms with Gasteiger partial charge < -0.3 is 14.6 Å². The lowest BCUT2D eigenvalue weighted by Crippen LogP contribution is -2.38. The SMILES string of the molecule is C#CCN(CC(O)COC1CCOCC1)C1CCc2ccccc21. The lowest BCUT2D eigenvalue weighted by Gasteiger charge is -2.30. The molecule has 1 heterocycles. The fourth-order valence-corrected chi connectivity index (χ4v) is 3.75. The minimum absolute atomic E-state index is 0.210. The van der Waals surface area contributed by atoms with Crippen molar-refractivity contribution >= 4 is 0 Å². The largest absolute Gasteiger partial charge is 0.389 e. The van der Waals surface area contributed by atoms with Crippen molar-refractivity contribution in [2.75, 3.05) is 32.9 Å². The summed E-state index contributed by atoms with van der Waals surface area (Å²) in [6.07, 6.45) is 9.23. The average Bonchev–Trinajstić information content (AvgIpc) is 3.04. The quantitative estimate of drug-likeness (QED) is 0.779. The maximum absolute atomic E-state index is 10.4. The van der Waals surface area contributed by atoms with Crippen molar-refractivity contribution in [2.24, 2.45) is 0 Å². The molecule has 3 rings (SSSR count). The van der Waals surface area contributed by atoms with Crippen molar-refractivity contribution in [1.29, 1.82) is 0 Å². The van der Waals surface area contributed by atoms with Gasteiger partial charge >= 0.3 is 0 Å². The fourth-order valence-electron chi connectivity index (χ4n) is 3.75. The number of nitrogens with zero attached hydrogens (tertiary/aromatic N) is 1. The van der Waals surface area contributed by atoms with Gasteiger partial charge in [0.25, 0.3) is 0 Å². The Morgan fingerprint density at radius 3 is 2.88 bits per heavy atom. The summed E-state index contributed by atoms with van der Waals surface area (Å²) in [5.41, 5.74) is 2.75. The zero-order chi connectivity index (χ0) is 16.8. The van der Waals surface area contributed by atoms with Crippen LogP contribution in [0.15, 0.2) is 24.3 Å². The summed E-state index contributed by atoms with van der Waals surface area (Å²) in [5, 5.41) is 10.4. The van der Waals surface area contributed by atoms with Crippen LogP contribution in [-0.2, 0) is 15.9 Å². The Kier molecular flexibility index (Phi) is 6.28. The van der Waals surface area contributed by atoms with E-state index in [1.807, 2.05) is 0 Å². The molecule has 4 nitrogen and oxygen atoms in total. The van der Waals surface area contributed by atoms with Crippen molar-refractivity contribution in [3.05, 3.63) is 35.4 Å². The van der Waals surface area contributed by atoms with Gasteiger partial charge in [0.15, 0.2) is 0 Å². The molecule has 1 fully saturated rings. The van der Waals surface area contributed by atoms with E-state index in [0.29, 0.717) is 25.7 Å². The molecule has 0 radical (unpaired) electrons. The summed E-state index contributed by atoms with van der Waals surface area (Å²) >= 11 is 0. The van der Waals surface area contributed by atoms with Gasteiger partial charge in [0.1, 0.15) is 0 Å². The number of ether oxygens (including phenoxy) is 2. The van der Waals surface area contributed by atoms with Crippen LogP contribution in [0.2, 0.25) is 0 Å². The van der Waals surface area contributed by atoms with Gasteiger partial charge in [-0.3, -0.25) is 4.90 Å². The molecule has 0 bridgehead atoms. The van der Waals surface area contributed by atoms with Crippen molar-refractivity contribution in [3.63, 3.8) is 0 Å². The second-order valence-electron chi connectivity index (χ2n) is 6.69. The average molecular weight is 329 g/mol. The molecule has 1 aromatic rings. The highest BCUT2D eigenvalue weighted by atomic mass is 16.5. The number of aliphatic hydroxyl groups is 1. The van der Waals surface area contributed by atoms with Gasteiger partial charge in [-0.25, -0.2) is 0 Å². The van der Waals surface area contributed by atoms with Gasteiger partial charge in [-0.15, -0.1) is 6.42 Å². The third-order valence-electron chi connectivity index (χ3n) is 4.97. The molecule has 2 aliphatic rings. The summed E-state index contributed by atoms with van der Waals surface area (Å²) in [6, 6.07) is 8.84. The molecule has 1 aliphatic carbocycles. The fraction of sp³-hybridized carbons (Fsp3) is 0.600. The summed E-state index contributed by atoms with van der Waals surface area (Å²) in [4.78, 5) is 2.21. The molecule has 0 spiro atoms. The van der Waals surface area contributed by atoms with E-state index in [1.165, 1.54) is 11.1 Å². The molecule has 1 aliphatic heterocycles. The van der Waals surface area contributed by atoms with Gasteiger partial charge in [0, 0.05) is 25.8 Å². The highest BCUT2D eigenvalue weighted by Gasteiger charge is 2.28. The van der Waals surface area contributed by atoms with Crippen LogP contribution in [0.5, 0.6) is 0 Å². The van der Waals surface area contributed by atoms with E-state index in [1.54, 1.807) is 0 Å². The number of hydrogen-bond donors (Lipinski definition) is 1. The summed E-state index contributed by atoms with van der Waals surface area (Å²) in [6.45, 7) is 2.96. The Morgan fingerprint density at radius 1 is 1.29 bits per heavy atom. The smallest absolute Gasteiger partial charge is 0.0900 e. The van der Waals surface area contributed by atoms with Crippen LogP contribution in [0.3, 0.4) is 0 Å². The first-order valence-electron chi connectivity index (χ1n) is 8.90. The Morgan fingerprint density at radius 2 is 2.08 bits per heavy atom. The summed E-state index contributed by atoms with van der Waals surface area (Å²) in [7, 11) is 0. The van der Waals surface area contributed by atoms with Crippen molar-refractivity contribution < 1.29 is 14.6 Å². The molecule has 4 heteroatoms. The molecule has 1 aromatic carbocycles. The molecule has 1 saturated heterocycles. The predicted octanol–water partition coefficient (Wildman–Crippen LogP) is 2.17. The van der Waals surface area contributed by atoms with E-state index < -0.39 is 6.10 Å². The number of benzene rings is 1. The first kappa shape index (κ1) is 17.4. The van der Waals surface area contributed by atoms with Crippen molar-refractivity contribution in [2.45, 2.75) is 43.9 Å². The van der Waals surface area contributed by atoms with Gasteiger partial charge in [-0.1, -0.05) is 30.2 Å². The van der Waals surface area contributed by atoms with E-state index in [-0.39, 0.29) is 6.10 Å². The van der Waals surface area contributed by atoms with E-state index in [0.717, 1.165) is 38.9 Å². The minimum atomic E-state index is -0.519. The van der Waals surface area contributed by atoms with Gasteiger partial charge in [0.05, 0.1) is 25.4 Å². The molecule has 130 valence electrons. The van der Waals surface area contributed by atoms with Gasteiger partial charge in [0.2, 0.25) is 0 Å². The zero-order valence-electron chi connectivity index (χ0n) is 14.2. The van der Waals surface area contributed by atoms with E-state index in [4.69, 9.17) is 15.9 Å². The lowest BCUT2D eigenvalue weighted by atomic mass is 10.1. The Labute approximate surface area is 144 Å². The number of terminal acetylenes is 1. The number of aryl methyl sites for hydroxylation is 1. The molecular weight excluding hydrogens is 302 g/mol. The van der Waals surface area contributed by atoms with Gasteiger partial charge in [-0.2, -0.15) is 0 Å². The van der Waals surface area contributed by atoms with Crippen LogP contribution in [0.4, 0.5) is 0 Å². The monoisotopic (exact) mass is 329 g/mol. The highest BCUT2D eigenvalue weighted by Crippen LogP contribution is 2.35. The number of rotatable bonds is 7. The van der Waals surface area contributed by atoms with Gasteiger partial charge in [-0.05, 0) is 36.8 Å². The molecule has 2 atom stereocenters. The second-order valence-corrected chi connectivity index (χ2v) is 6.69. The minimum Gasteiger partial charge on any atom is -0.389 e. The number of fused-ring (bicyclic) bond motifs is 1. The lowest BCUT2D eigenvalue weighted by molar-refractivity contribution is -0.0654. The van der Waals surface area contributed by atoms with Crippen LogP contribution >= 0.6 is 0 Å². The highest BCUT2D eigenvalue weighted by molar-refractivity contribution is 5.34.